The van der Waals surface area contributed by atoms with Crippen LogP contribution in [0, 0.1) is 0 Å². The number of hydrogen-bond acceptors (Lipinski definition) is 7. The zero-order chi connectivity index (χ0) is 23.9. The Morgan fingerprint density at radius 2 is 1.94 bits per heavy atom. The molecular weight excluding hydrogens is 438 g/mol. The monoisotopic (exact) mass is 467 g/mol. The molecule has 2 rings (SSSR count). The number of benzene rings is 1. The number of fused-ring (bicyclic) bond motifs is 1. The van der Waals surface area contributed by atoms with Crippen molar-refractivity contribution in [3.05, 3.63) is 24.0 Å². The number of hydrogen-bond donors (Lipinski definition) is 2. The number of carbonyl (C=O) groups excluding carboxylic acids is 3. The van der Waals surface area contributed by atoms with Crippen LogP contribution >= 0.6 is 0 Å². The lowest BCUT2D eigenvalue weighted by Gasteiger charge is -2.10. The lowest BCUT2D eigenvalue weighted by atomic mass is 10.3. The van der Waals surface area contributed by atoms with Gasteiger partial charge in [-0.25, -0.2) is 22.5 Å². The molecule has 1 aromatic heterocycles. The SMILES string of the molecule is CCCCNC(=O)NC(=O)COC(=O)CCc1nc2cc(S(=O)(=O)N(C)C)ccc2n1C. The number of urea groups is 1. The van der Waals surface area contributed by atoms with Gasteiger partial charge in [0.1, 0.15) is 5.82 Å². The molecule has 176 valence electrons. The second-order valence-corrected chi connectivity index (χ2v) is 9.50. The third-order valence-electron chi connectivity index (χ3n) is 4.71. The summed E-state index contributed by atoms with van der Waals surface area (Å²) in [4.78, 5) is 39.7. The largest absolute Gasteiger partial charge is 0.456 e. The fraction of sp³-hybridized carbons (Fsp3) is 0.500. The minimum absolute atomic E-state index is 0.0318. The standard InChI is InChI=1S/C20H29N5O6S/c1-5-6-11-21-20(28)23-18(26)13-31-19(27)10-9-17-22-15-12-14(32(29,30)24(2)3)7-8-16(15)25(17)4/h7-8,12H,5-6,9-11,13H2,1-4H3,(H2,21,23,26,28). The predicted molar refractivity (Wildman–Crippen MR) is 117 cm³/mol. The number of aromatic nitrogens is 2. The number of unbranched alkanes of at least 4 members (excludes halogenated alkanes) is 1. The van der Waals surface area contributed by atoms with Crippen LogP contribution in [0.1, 0.15) is 32.0 Å². The third kappa shape index (κ3) is 6.50. The molecule has 0 unspecified atom stereocenters. The van der Waals surface area contributed by atoms with Gasteiger partial charge in [-0.15, -0.1) is 0 Å². The molecule has 0 saturated carbocycles. The Morgan fingerprint density at radius 1 is 1.22 bits per heavy atom. The Morgan fingerprint density at radius 3 is 2.59 bits per heavy atom. The smallest absolute Gasteiger partial charge is 0.321 e. The second kappa shape index (κ2) is 11.0. The maximum atomic E-state index is 12.3. The second-order valence-electron chi connectivity index (χ2n) is 7.34. The van der Waals surface area contributed by atoms with Gasteiger partial charge in [-0.05, 0) is 24.6 Å². The molecule has 0 saturated heterocycles. The lowest BCUT2D eigenvalue weighted by molar-refractivity contribution is -0.148. The van der Waals surface area contributed by atoms with Crippen LogP contribution in [-0.2, 0) is 37.8 Å². The molecule has 1 aromatic carbocycles. The van der Waals surface area contributed by atoms with Crippen LogP contribution in [0.15, 0.2) is 23.1 Å². The molecule has 0 bridgehead atoms. The molecule has 2 aromatic rings. The number of nitrogens with zero attached hydrogens (tertiary/aromatic N) is 3. The van der Waals surface area contributed by atoms with Gasteiger partial charge in [0, 0.05) is 34.1 Å². The Hall–Kier alpha value is -2.99. The van der Waals surface area contributed by atoms with Gasteiger partial charge in [0.15, 0.2) is 6.61 Å². The summed E-state index contributed by atoms with van der Waals surface area (Å²) in [5, 5.41) is 4.61. The van der Waals surface area contributed by atoms with Crippen molar-refractivity contribution in [1.82, 2.24) is 24.5 Å². The van der Waals surface area contributed by atoms with Gasteiger partial charge in [0.2, 0.25) is 10.0 Å². The molecule has 0 aliphatic rings. The number of ether oxygens (including phenoxy) is 1. The van der Waals surface area contributed by atoms with E-state index in [1.54, 1.807) is 17.7 Å². The van der Waals surface area contributed by atoms with E-state index in [0.717, 1.165) is 22.7 Å². The van der Waals surface area contributed by atoms with Crippen molar-refractivity contribution in [2.45, 2.75) is 37.5 Å². The number of amides is 3. The third-order valence-corrected chi connectivity index (χ3v) is 6.52. The number of sulfonamides is 1. The first kappa shape index (κ1) is 25.3. The first-order valence-electron chi connectivity index (χ1n) is 10.2. The van der Waals surface area contributed by atoms with Crippen LogP contribution in [0.5, 0.6) is 0 Å². The average molecular weight is 468 g/mol. The molecule has 0 spiro atoms. The highest BCUT2D eigenvalue weighted by Crippen LogP contribution is 2.21. The summed E-state index contributed by atoms with van der Waals surface area (Å²) in [6, 6.07) is 4.03. The summed E-state index contributed by atoms with van der Waals surface area (Å²) in [6.07, 6.45) is 1.91. The van der Waals surface area contributed by atoms with E-state index >= 15 is 0 Å². The maximum Gasteiger partial charge on any atom is 0.321 e. The molecule has 32 heavy (non-hydrogen) atoms. The van der Waals surface area contributed by atoms with Gasteiger partial charge in [0.05, 0.1) is 22.3 Å². The minimum Gasteiger partial charge on any atom is -0.456 e. The van der Waals surface area contributed by atoms with E-state index < -0.39 is 34.5 Å². The number of imide groups is 1. The van der Waals surface area contributed by atoms with E-state index in [-0.39, 0.29) is 17.7 Å². The van der Waals surface area contributed by atoms with Crippen LogP contribution in [-0.4, -0.2) is 67.4 Å². The van der Waals surface area contributed by atoms with Gasteiger partial charge < -0.3 is 14.6 Å². The summed E-state index contributed by atoms with van der Waals surface area (Å²) in [5.74, 6) is -0.768. The number of aryl methyl sites for hydroxylation is 2. The Labute approximate surface area is 187 Å². The Balaban J connectivity index is 1.91. The first-order valence-corrected chi connectivity index (χ1v) is 11.6. The highest BCUT2D eigenvalue weighted by Gasteiger charge is 2.19. The highest BCUT2D eigenvalue weighted by molar-refractivity contribution is 7.89. The minimum atomic E-state index is -3.59. The highest BCUT2D eigenvalue weighted by atomic mass is 32.2. The van der Waals surface area contributed by atoms with Gasteiger partial charge >= 0.3 is 12.0 Å². The van der Waals surface area contributed by atoms with Crippen molar-refractivity contribution in [2.24, 2.45) is 7.05 Å². The van der Waals surface area contributed by atoms with E-state index in [0.29, 0.717) is 17.9 Å². The summed E-state index contributed by atoms with van der Waals surface area (Å²) in [6.45, 7) is 1.87. The molecule has 3 amide bonds. The summed E-state index contributed by atoms with van der Waals surface area (Å²) >= 11 is 0. The fourth-order valence-electron chi connectivity index (χ4n) is 2.84. The number of rotatable bonds is 10. The fourth-order valence-corrected chi connectivity index (χ4v) is 3.76. The average Bonchev–Trinajstić information content (AvgIpc) is 3.05. The van der Waals surface area contributed by atoms with Crippen LogP contribution in [0.2, 0.25) is 0 Å². The molecule has 0 fully saturated rings. The van der Waals surface area contributed by atoms with E-state index in [2.05, 4.69) is 15.6 Å². The summed E-state index contributed by atoms with van der Waals surface area (Å²) < 4.78 is 32.4. The molecule has 2 N–H and O–H groups in total. The van der Waals surface area contributed by atoms with Crippen molar-refractivity contribution in [1.29, 1.82) is 0 Å². The Kier molecular flexibility index (Phi) is 8.72. The molecule has 11 nitrogen and oxygen atoms in total. The van der Waals surface area contributed by atoms with E-state index in [1.165, 1.54) is 26.2 Å². The topological polar surface area (TPSA) is 140 Å². The maximum absolute atomic E-state index is 12.3. The van der Waals surface area contributed by atoms with E-state index in [1.807, 2.05) is 6.92 Å². The van der Waals surface area contributed by atoms with Gasteiger partial charge in [-0.1, -0.05) is 13.3 Å². The van der Waals surface area contributed by atoms with Gasteiger partial charge in [-0.2, -0.15) is 0 Å². The predicted octanol–water partition coefficient (Wildman–Crippen LogP) is 0.925. The molecule has 1 heterocycles. The summed E-state index contributed by atoms with van der Waals surface area (Å²) in [7, 11) is 1.08. The van der Waals surface area contributed by atoms with E-state index in [4.69, 9.17) is 4.74 Å². The molecule has 0 aliphatic carbocycles. The zero-order valence-corrected chi connectivity index (χ0v) is 19.5. The zero-order valence-electron chi connectivity index (χ0n) is 18.7. The molecule has 12 heteroatoms. The van der Waals surface area contributed by atoms with Crippen molar-refractivity contribution in [2.75, 3.05) is 27.2 Å². The molecule has 0 radical (unpaired) electrons. The van der Waals surface area contributed by atoms with Crippen LogP contribution in [0.25, 0.3) is 11.0 Å². The number of imidazole rings is 1. The van der Waals surface area contributed by atoms with Crippen molar-refractivity contribution >= 4 is 39.0 Å². The number of esters is 1. The van der Waals surface area contributed by atoms with Crippen LogP contribution < -0.4 is 10.6 Å². The first-order chi connectivity index (χ1) is 15.1. The van der Waals surface area contributed by atoms with Crippen molar-refractivity contribution in [3.8, 4) is 0 Å². The Bertz CT molecular complexity index is 1090. The number of nitrogens with one attached hydrogen (secondary N) is 2. The number of carbonyl (C=O) groups is 3. The lowest BCUT2D eigenvalue weighted by Crippen LogP contribution is -2.41. The van der Waals surface area contributed by atoms with Crippen LogP contribution in [0.3, 0.4) is 0 Å². The van der Waals surface area contributed by atoms with Gasteiger partial charge in [-0.3, -0.25) is 14.9 Å². The van der Waals surface area contributed by atoms with Crippen molar-refractivity contribution < 1.29 is 27.5 Å². The molecule has 0 aliphatic heterocycles. The van der Waals surface area contributed by atoms with Crippen LogP contribution in [0.4, 0.5) is 4.79 Å². The normalized spacial score (nSPS) is 11.5. The van der Waals surface area contributed by atoms with Crippen molar-refractivity contribution in [3.63, 3.8) is 0 Å². The summed E-state index contributed by atoms with van der Waals surface area (Å²) in [5.41, 5.74) is 1.21. The van der Waals surface area contributed by atoms with E-state index in [9.17, 15) is 22.8 Å². The van der Waals surface area contributed by atoms with Gasteiger partial charge in [0.25, 0.3) is 5.91 Å². The molecule has 0 atom stereocenters. The quantitative estimate of drug-likeness (QED) is 0.391. The molecular formula is C20H29N5O6S.